The molecule has 3 rings (SSSR count). The quantitative estimate of drug-likeness (QED) is 0.883. The summed E-state index contributed by atoms with van der Waals surface area (Å²) in [5.74, 6) is 0.853. The van der Waals surface area contributed by atoms with Crippen LogP contribution in [0.3, 0.4) is 0 Å². The van der Waals surface area contributed by atoms with E-state index in [2.05, 4.69) is 5.32 Å². The Balaban J connectivity index is 1.54. The first-order valence-electron chi connectivity index (χ1n) is 8.15. The lowest BCUT2D eigenvalue weighted by Gasteiger charge is -2.22. The molecule has 5 heteroatoms. The van der Waals surface area contributed by atoms with Crippen molar-refractivity contribution in [2.75, 3.05) is 0 Å². The van der Waals surface area contributed by atoms with Gasteiger partial charge in [-0.25, -0.2) is 4.39 Å². The fourth-order valence-corrected chi connectivity index (χ4v) is 2.91. The summed E-state index contributed by atoms with van der Waals surface area (Å²) in [6, 6.07) is 13.3. The molecule has 0 atom stereocenters. The molecule has 126 valence electrons. The zero-order valence-electron chi connectivity index (χ0n) is 13.4. The maximum atomic E-state index is 12.9. The van der Waals surface area contributed by atoms with Crippen LogP contribution in [-0.4, -0.2) is 11.4 Å². The predicted octanol–water partition coefficient (Wildman–Crippen LogP) is 3.51. The van der Waals surface area contributed by atoms with Crippen LogP contribution in [0, 0.1) is 5.82 Å². The van der Waals surface area contributed by atoms with E-state index >= 15 is 0 Å². The Morgan fingerprint density at radius 1 is 1.04 bits per heavy atom. The standard InChI is InChI=1S/C19H21FN2O2/c20-15-5-9-17(10-6-15)24-16-7-3-14(4-8-16)13-22-18(23)19(21)11-1-2-12-19/h3-10H,1-2,11-13,21H2,(H,22,23). The normalized spacial score (nSPS) is 15.9. The van der Waals surface area contributed by atoms with Gasteiger partial charge in [0, 0.05) is 6.54 Å². The van der Waals surface area contributed by atoms with Crippen LogP contribution < -0.4 is 15.8 Å². The molecule has 0 heterocycles. The highest BCUT2D eigenvalue weighted by molar-refractivity contribution is 5.86. The van der Waals surface area contributed by atoms with E-state index in [1.165, 1.54) is 12.1 Å². The lowest BCUT2D eigenvalue weighted by molar-refractivity contribution is -0.126. The average molecular weight is 328 g/mol. The van der Waals surface area contributed by atoms with E-state index in [1.807, 2.05) is 24.3 Å². The van der Waals surface area contributed by atoms with Crippen molar-refractivity contribution in [1.29, 1.82) is 0 Å². The van der Waals surface area contributed by atoms with E-state index in [0.717, 1.165) is 31.2 Å². The highest BCUT2D eigenvalue weighted by Crippen LogP contribution is 2.27. The molecule has 0 aromatic heterocycles. The Bertz CT molecular complexity index is 692. The molecular formula is C19H21FN2O2. The molecule has 0 aliphatic heterocycles. The van der Waals surface area contributed by atoms with Crippen molar-refractivity contribution < 1.29 is 13.9 Å². The van der Waals surface area contributed by atoms with Crippen molar-refractivity contribution in [2.24, 2.45) is 5.73 Å². The molecule has 4 nitrogen and oxygen atoms in total. The number of hydrogen-bond acceptors (Lipinski definition) is 3. The monoisotopic (exact) mass is 328 g/mol. The van der Waals surface area contributed by atoms with Gasteiger partial charge in [-0.05, 0) is 54.8 Å². The summed E-state index contributed by atoms with van der Waals surface area (Å²) in [7, 11) is 0. The second-order valence-electron chi connectivity index (χ2n) is 6.25. The van der Waals surface area contributed by atoms with Crippen molar-refractivity contribution in [1.82, 2.24) is 5.32 Å². The molecule has 24 heavy (non-hydrogen) atoms. The van der Waals surface area contributed by atoms with Gasteiger partial charge in [-0.15, -0.1) is 0 Å². The minimum atomic E-state index is -0.703. The Hall–Kier alpha value is -2.40. The molecule has 1 amide bonds. The minimum Gasteiger partial charge on any atom is -0.457 e. The van der Waals surface area contributed by atoms with Crippen LogP contribution >= 0.6 is 0 Å². The predicted molar refractivity (Wildman–Crippen MR) is 90.1 cm³/mol. The Labute approximate surface area is 140 Å². The van der Waals surface area contributed by atoms with Gasteiger partial charge in [0.1, 0.15) is 17.3 Å². The van der Waals surface area contributed by atoms with E-state index in [1.54, 1.807) is 12.1 Å². The molecule has 0 spiro atoms. The highest BCUT2D eigenvalue weighted by Gasteiger charge is 2.36. The third-order valence-corrected chi connectivity index (χ3v) is 4.37. The molecule has 0 saturated heterocycles. The molecule has 2 aromatic rings. The van der Waals surface area contributed by atoms with Crippen LogP contribution in [0.1, 0.15) is 31.2 Å². The second kappa shape index (κ2) is 7.01. The van der Waals surface area contributed by atoms with Crippen molar-refractivity contribution in [3.63, 3.8) is 0 Å². The Morgan fingerprint density at radius 3 is 2.17 bits per heavy atom. The van der Waals surface area contributed by atoms with E-state index in [0.29, 0.717) is 18.0 Å². The maximum absolute atomic E-state index is 12.9. The van der Waals surface area contributed by atoms with Crippen LogP contribution in [0.2, 0.25) is 0 Å². The average Bonchev–Trinajstić information content (AvgIpc) is 3.04. The summed E-state index contributed by atoms with van der Waals surface area (Å²) in [5.41, 5.74) is 6.39. The molecule has 3 N–H and O–H groups in total. The SMILES string of the molecule is NC1(C(=O)NCc2ccc(Oc3ccc(F)cc3)cc2)CCCC1. The zero-order valence-corrected chi connectivity index (χ0v) is 13.4. The summed E-state index contributed by atoms with van der Waals surface area (Å²) >= 11 is 0. The number of nitrogens with one attached hydrogen (secondary N) is 1. The highest BCUT2D eigenvalue weighted by atomic mass is 19.1. The van der Waals surface area contributed by atoms with Crippen molar-refractivity contribution in [2.45, 2.75) is 37.8 Å². The van der Waals surface area contributed by atoms with Crippen LogP contribution in [0.25, 0.3) is 0 Å². The van der Waals surface area contributed by atoms with Gasteiger partial charge in [-0.1, -0.05) is 25.0 Å². The van der Waals surface area contributed by atoms with Crippen molar-refractivity contribution >= 4 is 5.91 Å². The lowest BCUT2D eigenvalue weighted by Crippen LogP contribution is -2.51. The van der Waals surface area contributed by atoms with Crippen molar-refractivity contribution in [3.05, 3.63) is 59.9 Å². The zero-order chi connectivity index (χ0) is 17.0. The summed E-state index contributed by atoms with van der Waals surface area (Å²) < 4.78 is 18.5. The lowest BCUT2D eigenvalue weighted by atomic mass is 9.98. The van der Waals surface area contributed by atoms with E-state index in [-0.39, 0.29) is 11.7 Å². The van der Waals surface area contributed by atoms with Gasteiger partial charge in [0.05, 0.1) is 5.54 Å². The van der Waals surface area contributed by atoms with E-state index < -0.39 is 5.54 Å². The van der Waals surface area contributed by atoms with Crippen LogP contribution in [-0.2, 0) is 11.3 Å². The number of benzene rings is 2. The number of ether oxygens (including phenoxy) is 1. The molecule has 1 saturated carbocycles. The molecule has 1 aliphatic rings. The Kier molecular flexibility index (Phi) is 4.81. The third-order valence-electron chi connectivity index (χ3n) is 4.37. The number of carbonyl (C=O) groups excluding carboxylic acids is 1. The topological polar surface area (TPSA) is 64.4 Å². The largest absolute Gasteiger partial charge is 0.457 e. The van der Waals surface area contributed by atoms with Gasteiger partial charge in [0.15, 0.2) is 0 Å². The molecule has 0 bridgehead atoms. The van der Waals surface area contributed by atoms with Crippen molar-refractivity contribution in [3.8, 4) is 11.5 Å². The number of nitrogens with two attached hydrogens (primary N) is 1. The summed E-state index contributed by atoms with van der Waals surface area (Å²) in [6.45, 7) is 0.439. The smallest absolute Gasteiger partial charge is 0.240 e. The first kappa shape index (κ1) is 16.5. The summed E-state index contributed by atoms with van der Waals surface area (Å²) in [4.78, 5) is 12.2. The van der Waals surface area contributed by atoms with Crippen LogP contribution in [0.5, 0.6) is 11.5 Å². The van der Waals surface area contributed by atoms with Gasteiger partial charge in [0.2, 0.25) is 5.91 Å². The number of hydrogen-bond donors (Lipinski definition) is 2. The Morgan fingerprint density at radius 2 is 1.58 bits per heavy atom. The van der Waals surface area contributed by atoms with Crippen LogP contribution in [0.15, 0.2) is 48.5 Å². The fourth-order valence-electron chi connectivity index (χ4n) is 2.91. The maximum Gasteiger partial charge on any atom is 0.240 e. The molecule has 0 radical (unpaired) electrons. The molecular weight excluding hydrogens is 307 g/mol. The first-order chi connectivity index (χ1) is 11.5. The van der Waals surface area contributed by atoms with E-state index in [9.17, 15) is 9.18 Å². The number of halogens is 1. The molecule has 1 aliphatic carbocycles. The number of amides is 1. The van der Waals surface area contributed by atoms with E-state index in [4.69, 9.17) is 10.5 Å². The molecule has 0 unspecified atom stereocenters. The van der Waals surface area contributed by atoms with Gasteiger partial charge < -0.3 is 15.8 Å². The van der Waals surface area contributed by atoms with Gasteiger partial charge in [0.25, 0.3) is 0 Å². The van der Waals surface area contributed by atoms with Gasteiger partial charge >= 0.3 is 0 Å². The molecule has 1 fully saturated rings. The first-order valence-corrected chi connectivity index (χ1v) is 8.15. The third kappa shape index (κ3) is 3.92. The minimum absolute atomic E-state index is 0.0772. The number of rotatable bonds is 5. The van der Waals surface area contributed by atoms with Gasteiger partial charge in [-0.2, -0.15) is 0 Å². The molecule has 2 aromatic carbocycles. The summed E-state index contributed by atoms with van der Waals surface area (Å²) in [5, 5.41) is 2.91. The van der Waals surface area contributed by atoms with Crippen LogP contribution in [0.4, 0.5) is 4.39 Å². The number of carbonyl (C=O) groups is 1. The fraction of sp³-hybridized carbons (Fsp3) is 0.316. The van der Waals surface area contributed by atoms with Gasteiger partial charge in [-0.3, -0.25) is 4.79 Å². The second-order valence-corrected chi connectivity index (χ2v) is 6.25. The summed E-state index contributed by atoms with van der Waals surface area (Å²) in [6.07, 6.45) is 3.53.